The first-order chi connectivity index (χ1) is 3.81. The molecule has 0 aromatic heterocycles. The molecule has 0 aromatic carbocycles. The van der Waals surface area contributed by atoms with Crippen molar-refractivity contribution in [3.05, 3.63) is 25.3 Å². The number of esters is 1. The number of ether oxygens (including phenoxy) is 1. The van der Waals surface area contributed by atoms with Crippen LogP contribution in [0.2, 0.25) is 0 Å². The molecule has 43 valence electrons. The van der Waals surface area contributed by atoms with Gasteiger partial charge in [0.05, 0.1) is 0 Å². The van der Waals surface area contributed by atoms with E-state index in [-0.39, 0.29) is 6.61 Å². The fourth-order valence-corrected chi connectivity index (χ4v) is 0.181. The molecule has 0 saturated carbocycles. The van der Waals surface area contributed by atoms with E-state index in [0.29, 0.717) is 0 Å². The van der Waals surface area contributed by atoms with Gasteiger partial charge in [-0.1, -0.05) is 13.2 Å². The summed E-state index contributed by atoms with van der Waals surface area (Å²) in [6.07, 6.45) is 3.49. The minimum Gasteiger partial charge on any atom is -0.458 e. The predicted molar refractivity (Wildman–Crippen MR) is 30.0 cm³/mol. The van der Waals surface area contributed by atoms with Crippen LogP contribution in [0.4, 0.5) is 0 Å². The van der Waals surface area contributed by atoms with E-state index in [1.807, 2.05) is 0 Å². The van der Waals surface area contributed by atoms with Crippen LogP contribution in [0.25, 0.3) is 0 Å². The molecule has 0 unspecified atom stereocenters. The van der Waals surface area contributed by atoms with Crippen LogP contribution in [0.3, 0.4) is 0 Å². The highest BCUT2D eigenvalue weighted by molar-refractivity contribution is 5.81. The Labute approximate surface area is 48.5 Å². The molecule has 0 N–H and O–H groups in total. The van der Waals surface area contributed by atoms with Crippen molar-refractivity contribution < 1.29 is 9.53 Å². The molecular formula is C6H7O2. The summed E-state index contributed by atoms with van der Waals surface area (Å²) >= 11 is 0. The summed E-state index contributed by atoms with van der Waals surface area (Å²) in [5, 5.41) is 0. The maximum Gasteiger partial charge on any atom is 0.330 e. The van der Waals surface area contributed by atoms with Crippen molar-refractivity contribution in [2.75, 3.05) is 6.61 Å². The van der Waals surface area contributed by atoms with Crippen LogP contribution in [0.1, 0.15) is 0 Å². The molecule has 1 radical (unpaired) electrons. The third-order valence-corrected chi connectivity index (χ3v) is 0.483. The van der Waals surface area contributed by atoms with E-state index in [1.165, 1.54) is 0 Å². The second kappa shape index (κ2) is 4.12. The second-order valence-electron chi connectivity index (χ2n) is 1.06. The van der Waals surface area contributed by atoms with Gasteiger partial charge in [0.2, 0.25) is 0 Å². The average molecular weight is 111 g/mol. The lowest BCUT2D eigenvalue weighted by Gasteiger charge is -1.91. The van der Waals surface area contributed by atoms with Crippen molar-refractivity contribution in [2.45, 2.75) is 0 Å². The van der Waals surface area contributed by atoms with Gasteiger partial charge in [0.25, 0.3) is 0 Å². The van der Waals surface area contributed by atoms with Gasteiger partial charge in [-0.05, 0) is 6.08 Å². The van der Waals surface area contributed by atoms with Crippen LogP contribution in [0, 0.1) is 6.08 Å². The monoisotopic (exact) mass is 111 g/mol. The van der Waals surface area contributed by atoms with E-state index < -0.39 is 5.97 Å². The summed E-state index contributed by atoms with van der Waals surface area (Å²) in [6.45, 7) is 6.55. The molecule has 0 aliphatic heterocycles. The topological polar surface area (TPSA) is 26.3 Å². The molecule has 0 atom stereocenters. The molecule has 0 aliphatic carbocycles. The molecule has 0 rings (SSSR count). The lowest BCUT2D eigenvalue weighted by Crippen LogP contribution is -1.98. The highest BCUT2D eigenvalue weighted by Crippen LogP contribution is 1.76. The van der Waals surface area contributed by atoms with Crippen LogP contribution >= 0.6 is 0 Å². The highest BCUT2D eigenvalue weighted by atomic mass is 16.5. The van der Waals surface area contributed by atoms with Gasteiger partial charge < -0.3 is 4.74 Å². The highest BCUT2D eigenvalue weighted by Gasteiger charge is 1.88. The van der Waals surface area contributed by atoms with Crippen LogP contribution < -0.4 is 0 Å². The maximum atomic E-state index is 10.2. The minimum atomic E-state index is -0.443. The summed E-state index contributed by atoms with van der Waals surface area (Å²) < 4.78 is 4.41. The van der Waals surface area contributed by atoms with Crippen molar-refractivity contribution in [1.82, 2.24) is 0 Å². The number of carbonyl (C=O) groups excluding carboxylic acids is 1. The molecule has 0 heterocycles. The zero-order valence-corrected chi connectivity index (χ0v) is 4.52. The summed E-state index contributed by atoms with van der Waals surface area (Å²) in [4.78, 5) is 10.2. The minimum absolute atomic E-state index is 0.130. The summed E-state index contributed by atoms with van der Waals surface area (Å²) in [7, 11) is 0. The average Bonchev–Trinajstić information content (AvgIpc) is 1.83. The Morgan fingerprint density at radius 1 is 1.88 bits per heavy atom. The van der Waals surface area contributed by atoms with Gasteiger partial charge in [-0.3, -0.25) is 0 Å². The Balaban J connectivity index is 3.24. The van der Waals surface area contributed by atoms with E-state index in [2.05, 4.69) is 24.0 Å². The molecule has 0 aliphatic rings. The van der Waals surface area contributed by atoms with Gasteiger partial charge in [-0.15, -0.1) is 0 Å². The zero-order chi connectivity index (χ0) is 6.41. The van der Waals surface area contributed by atoms with E-state index >= 15 is 0 Å². The summed E-state index contributed by atoms with van der Waals surface area (Å²) in [6, 6.07) is 0. The molecule has 8 heavy (non-hydrogen) atoms. The lowest BCUT2D eigenvalue weighted by molar-refractivity contribution is -0.136. The van der Waals surface area contributed by atoms with Gasteiger partial charge in [-0.2, -0.15) is 0 Å². The molecule has 0 fully saturated rings. The largest absolute Gasteiger partial charge is 0.458 e. The summed E-state index contributed by atoms with van der Waals surface area (Å²) in [5.41, 5.74) is 0. The van der Waals surface area contributed by atoms with Crippen molar-refractivity contribution in [1.29, 1.82) is 0 Å². The first kappa shape index (κ1) is 6.95. The van der Waals surface area contributed by atoms with Gasteiger partial charge in [-0.25, -0.2) is 4.79 Å². The maximum absolute atomic E-state index is 10.2. The first-order valence-electron chi connectivity index (χ1n) is 2.10. The Morgan fingerprint density at radius 2 is 2.50 bits per heavy atom. The predicted octanol–water partition coefficient (Wildman–Crippen LogP) is 0.705. The number of carbonyl (C=O) groups is 1. The van der Waals surface area contributed by atoms with Crippen molar-refractivity contribution in [3.8, 4) is 0 Å². The quantitative estimate of drug-likeness (QED) is 0.396. The molecule has 0 saturated heterocycles. The molecule has 2 nitrogen and oxygen atoms in total. The van der Waals surface area contributed by atoms with Gasteiger partial charge in [0.15, 0.2) is 0 Å². The SMILES string of the molecule is C=[C]COC(=O)C=C. The van der Waals surface area contributed by atoms with E-state index in [1.54, 1.807) is 0 Å². The molecule has 0 spiro atoms. The summed E-state index contributed by atoms with van der Waals surface area (Å²) in [5.74, 6) is -0.443. The number of hydrogen-bond donors (Lipinski definition) is 0. The van der Waals surface area contributed by atoms with Crippen molar-refractivity contribution in [2.24, 2.45) is 0 Å². The first-order valence-corrected chi connectivity index (χ1v) is 2.10. The zero-order valence-electron chi connectivity index (χ0n) is 4.52. The Morgan fingerprint density at radius 3 is 2.88 bits per heavy atom. The van der Waals surface area contributed by atoms with Crippen molar-refractivity contribution >= 4 is 5.97 Å². The normalized spacial score (nSPS) is 7.50. The second-order valence-corrected chi connectivity index (χ2v) is 1.06. The molecule has 0 aromatic rings. The number of rotatable bonds is 3. The molecule has 2 heteroatoms. The number of hydrogen-bond acceptors (Lipinski definition) is 2. The molecule has 0 bridgehead atoms. The van der Waals surface area contributed by atoms with Crippen molar-refractivity contribution in [3.63, 3.8) is 0 Å². The van der Waals surface area contributed by atoms with E-state index in [0.717, 1.165) is 6.08 Å². The van der Waals surface area contributed by atoms with Gasteiger partial charge in [0, 0.05) is 6.08 Å². The van der Waals surface area contributed by atoms with Gasteiger partial charge >= 0.3 is 5.97 Å². The molecule has 0 amide bonds. The third-order valence-electron chi connectivity index (χ3n) is 0.483. The molecular weight excluding hydrogens is 104 g/mol. The van der Waals surface area contributed by atoms with E-state index in [4.69, 9.17) is 0 Å². The lowest BCUT2D eigenvalue weighted by atomic mass is 10.6. The van der Waals surface area contributed by atoms with Gasteiger partial charge in [0.1, 0.15) is 6.61 Å². The Hall–Kier alpha value is -1.05. The smallest absolute Gasteiger partial charge is 0.330 e. The van der Waals surface area contributed by atoms with Crippen LogP contribution in [0.5, 0.6) is 0 Å². The third kappa shape index (κ3) is 3.15. The van der Waals surface area contributed by atoms with Crippen LogP contribution in [-0.4, -0.2) is 12.6 Å². The standard InChI is InChI=1S/C6H7O2/c1-3-5-8-6(7)4-2/h4H,1-2,5H2. The fraction of sp³-hybridized carbons (Fsp3) is 0.167. The Bertz CT molecular complexity index is 105. The van der Waals surface area contributed by atoms with Crippen LogP contribution in [-0.2, 0) is 9.53 Å². The van der Waals surface area contributed by atoms with Crippen LogP contribution in [0.15, 0.2) is 19.2 Å². The Kier molecular flexibility index (Phi) is 3.58. The fourth-order valence-electron chi connectivity index (χ4n) is 0.181. The van der Waals surface area contributed by atoms with E-state index in [9.17, 15) is 4.79 Å².